The van der Waals surface area contributed by atoms with E-state index in [0.29, 0.717) is 12.0 Å². The average molecular weight is 277 g/mol. The molecule has 3 atom stereocenters. The van der Waals surface area contributed by atoms with Gasteiger partial charge in [0.05, 0.1) is 13.2 Å². The molecule has 0 aromatic heterocycles. The van der Waals surface area contributed by atoms with Crippen LogP contribution in [0.1, 0.15) is 32.1 Å². The molecule has 2 fully saturated rings. The zero-order valence-electron chi connectivity index (χ0n) is 10.6. The molecule has 0 bridgehead atoms. The van der Waals surface area contributed by atoms with Crippen LogP contribution in [0.3, 0.4) is 0 Å². The van der Waals surface area contributed by atoms with E-state index in [4.69, 9.17) is 0 Å². The number of methoxy groups -OCH3 is 1. The van der Waals surface area contributed by atoms with Crippen molar-refractivity contribution < 1.29 is 14.3 Å². The van der Waals surface area contributed by atoms with E-state index in [2.05, 4.69) is 15.4 Å². The van der Waals surface area contributed by atoms with Gasteiger partial charge in [0.15, 0.2) is 0 Å². The number of rotatable bonds is 3. The number of hydrogen-bond acceptors (Lipinski definition) is 4. The van der Waals surface area contributed by atoms with Gasteiger partial charge in [-0.1, -0.05) is 12.8 Å². The van der Waals surface area contributed by atoms with Gasteiger partial charge in [0.1, 0.15) is 6.54 Å². The molecule has 0 spiro atoms. The van der Waals surface area contributed by atoms with Crippen molar-refractivity contribution in [3.63, 3.8) is 0 Å². The van der Waals surface area contributed by atoms with Gasteiger partial charge in [-0.3, -0.25) is 9.59 Å². The van der Waals surface area contributed by atoms with Crippen LogP contribution >= 0.6 is 12.4 Å². The van der Waals surface area contributed by atoms with Crippen LogP contribution in [0.2, 0.25) is 0 Å². The second-order valence-electron chi connectivity index (χ2n) is 4.90. The quantitative estimate of drug-likeness (QED) is 0.742. The molecule has 1 amide bonds. The molecule has 1 aliphatic heterocycles. The van der Waals surface area contributed by atoms with Crippen LogP contribution in [0.5, 0.6) is 0 Å². The molecule has 2 aliphatic rings. The molecule has 104 valence electrons. The summed E-state index contributed by atoms with van der Waals surface area (Å²) in [7, 11) is 1.32. The number of carbonyl (C=O) groups is 2. The minimum absolute atomic E-state index is 0. The van der Waals surface area contributed by atoms with Gasteiger partial charge in [-0.15, -0.1) is 12.4 Å². The molecule has 18 heavy (non-hydrogen) atoms. The Kier molecular flexibility index (Phi) is 5.88. The summed E-state index contributed by atoms with van der Waals surface area (Å²) in [6.07, 6.45) is 5.82. The summed E-state index contributed by atoms with van der Waals surface area (Å²) in [5.74, 6) is 0.149. The highest BCUT2D eigenvalue weighted by atomic mass is 35.5. The van der Waals surface area contributed by atoms with Crippen LogP contribution in [0.4, 0.5) is 0 Å². The van der Waals surface area contributed by atoms with Crippen molar-refractivity contribution in [3.05, 3.63) is 0 Å². The van der Waals surface area contributed by atoms with E-state index in [-0.39, 0.29) is 30.9 Å². The first kappa shape index (κ1) is 15.2. The van der Waals surface area contributed by atoms with E-state index in [9.17, 15) is 9.59 Å². The van der Waals surface area contributed by atoms with Gasteiger partial charge in [0.2, 0.25) is 5.91 Å². The highest BCUT2D eigenvalue weighted by Crippen LogP contribution is 2.33. The lowest BCUT2D eigenvalue weighted by Crippen LogP contribution is -2.44. The van der Waals surface area contributed by atoms with Crippen molar-refractivity contribution in [2.45, 2.75) is 44.2 Å². The molecule has 2 N–H and O–H groups in total. The van der Waals surface area contributed by atoms with Gasteiger partial charge < -0.3 is 15.4 Å². The lowest BCUT2D eigenvalue weighted by atomic mass is 9.85. The normalized spacial score (nSPS) is 29.9. The largest absolute Gasteiger partial charge is 0.468 e. The van der Waals surface area contributed by atoms with Gasteiger partial charge in [-0.05, 0) is 25.2 Å². The van der Waals surface area contributed by atoms with Gasteiger partial charge >= 0.3 is 5.97 Å². The third-order valence-corrected chi connectivity index (χ3v) is 3.81. The summed E-state index contributed by atoms with van der Waals surface area (Å²) in [5, 5.41) is 5.98. The Morgan fingerprint density at radius 1 is 1.33 bits per heavy atom. The first-order valence-corrected chi connectivity index (χ1v) is 6.31. The van der Waals surface area contributed by atoms with Crippen molar-refractivity contribution in [3.8, 4) is 0 Å². The molecule has 6 heteroatoms. The van der Waals surface area contributed by atoms with Crippen molar-refractivity contribution in [2.75, 3.05) is 13.7 Å². The fourth-order valence-corrected chi connectivity index (χ4v) is 2.88. The van der Waals surface area contributed by atoms with Crippen molar-refractivity contribution in [2.24, 2.45) is 5.92 Å². The molecular weight excluding hydrogens is 256 g/mol. The molecule has 1 heterocycles. The Labute approximate surface area is 113 Å². The van der Waals surface area contributed by atoms with Crippen LogP contribution in [0.25, 0.3) is 0 Å². The number of ether oxygens (including phenoxy) is 1. The maximum absolute atomic E-state index is 11.8. The first-order valence-electron chi connectivity index (χ1n) is 6.31. The molecule has 1 saturated heterocycles. The van der Waals surface area contributed by atoms with E-state index in [1.807, 2.05) is 0 Å². The van der Waals surface area contributed by atoms with E-state index >= 15 is 0 Å². The Morgan fingerprint density at radius 3 is 2.72 bits per heavy atom. The van der Waals surface area contributed by atoms with Gasteiger partial charge in [-0.2, -0.15) is 0 Å². The summed E-state index contributed by atoms with van der Waals surface area (Å²) in [4.78, 5) is 22.8. The number of amides is 1. The zero-order chi connectivity index (χ0) is 12.3. The topological polar surface area (TPSA) is 67.4 Å². The summed E-state index contributed by atoms with van der Waals surface area (Å²) < 4.78 is 4.48. The zero-order valence-corrected chi connectivity index (χ0v) is 11.4. The van der Waals surface area contributed by atoms with Crippen LogP contribution in [-0.4, -0.2) is 37.6 Å². The van der Waals surface area contributed by atoms with Crippen molar-refractivity contribution in [1.82, 2.24) is 10.6 Å². The SMILES string of the molecule is COC(=O)CNC(=O)C1CC2CCCCC2N1.Cl. The molecule has 1 saturated carbocycles. The van der Waals surface area contributed by atoms with E-state index in [1.54, 1.807) is 0 Å². The highest BCUT2D eigenvalue weighted by Gasteiger charge is 2.38. The summed E-state index contributed by atoms with van der Waals surface area (Å²) in [6.45, 7) is -0.0388. The highest BCUT2D eigenvalue weighted by molar-refractivity contribution is 5.86. The summed E-state index contributed by atoms with van der Waals surface area (Å²) >= 11 is 0. The van der Waals surface area contributed by atoms with Crippen molar-refractivity contribution >= 4 is 24.3 Å². The number of esters is 1. The minimum Gasteiger partial charge on any atom is -0.468 e. The molecule has 1 aliphatic carbocycles. The number of nitrogens with one attached hydrogen (secondary N) is 2. The third kappa shape index (κ3) is 3.59. The summed E-state index contributed by atoms with van der Waals surface area (Å²) in [6, 6.07) is 0.366. The first-order chi connectivity index (χ1) is 8.20. The number of halogens is 1. The average Bonchev–Trinajstić information content (AvgIpc) is 2.79. The molecule has 0 aromatic carbocycles. The van der Waals surface area contributed by atoms with Crippen LogP contribution in [0, 0.1) is 5.92 Å². The van der Waals surface area contributed by atoms with Crippen LogP contribution in [-0.2, 0) is 14.3 Å². The minimum atomic E-state index is -0.409. The number of hydrogen-bond donors (Lipinski definition) is 2. The monoisotopic (exact) mass is 276 g/mol. The maximum Gasteiger partial charge on any atom is 0.325 e. The predicted molar refractivity (Wildman–Crippen MR) is 69.6 cm³/mol. The van der Waals surface area contributed by atoms with E-state index in [1.165, 1.54) is 32.8 Å². The van der Waals surface area contributed by atoms with Gasteiger partial charge in [-0.25, -0.2) is 0 Å². The molecule has 2 rings (SSSR count). The van der Waals surface area contributed by atoms with E-state index < -0.39 is 5.97 Å². The second-order valence-corrected chi connectivity index (χ2v) is 4.90. The van der Waals surface area contributed by atoms with Crippen molar-refractivity contribution in [1.29, 1.82) is 0 Å². The van der Waals surface area contributed by atoms with Gasteiger partial charge in [0.25, 0.3) is 0 Å². The molecular formula is C12H21ClN2O3. The fourth-order valence-electron chi connectivity index (χ4n) is 2.88. The number of carbonyl (C=O) groups excluding carboxylic acids is 2. The van der Waals surface area contributed by atoms with E-state index in [0.717, 1.165) is 6.42 Å². The predicted octanol–water partition coefficient (Wildman–Crippen LogP) is 0.618. The summed E-state index contributed by atoms with van der Waals surface area (Å²) in [5.41, 5.74) is 0. The maximum atomic E-state index is 11.8. The lowest BCUT2D eigenvalue weighted by Gasteiger charge is -2.24. The lowest BCUT2D eigenvalue weighted by molar-refractivity contribution is -0.141. The van der Waals surface area contributed by atoms with Gasteiger partial charge in [0, 0.05) is 6.04 Å². The second kappa shape index (κ2) is 6.95. The molecule has 3 unspecified atom stereocenters. The Balaban J connectivity index is 0.00000162. The molecule has 0 radical (unpaired) electrons. The molecule has 5 nitrogen and oxygen atoms in total. The standard InChI is InChI=1S/C12H20N2O3.ClH/c1-17-11(15)7-13-12(16)10-6-8-4-2-3-5-9(8)14-10;/h8-10,14H,2-7H2,1H3,(H,13,16);1H. The van der Waals surface area contributed by atoms with Crippen LogP contribution < -0.4 is 10.6 Å². The Hall–Kier alpha value is -0.810. The third-order valence-electron chi connectivity index (χ3n) is 3.81. The fraction of sp³-hybridized carbons (Fsp3) is 0.833. The van der Waals surface area contributed by atoms with Crippen LogP contribution in [0.15, 0.2) is 0 Å². The Bertz CT molecular complexity index is 298. The molecule has 0 aromatic rings. The number of fused-ring (bicyclic) bond motifs is 1. The Morgan fingerprint density at radius 2 is 2.06 bits per heavy atom. The smallest absolute Gasteiger partial charge is 0.325 e.